The van der Waals surface area contributed by atoms with Crippen molar-refractivity contribution in [2.24, 2.45) is 0 Å². The number of nitrogens with zero attached hydrogens (tertiary/aromatic N) is 2. The van der Waals surface area contributed by atoms with Crippen LogP contribution in [0.5, 0.6) is 0 Å². The van der Waals surface area contributed by atoms with E-state index in [0.717, 1.165) is 0 Å². The molecule has 0 spiro atoms. The number of benzene rings is 1. The normalized spacial score (nSPS) is 20.9. The van der Waals surface area contributed by atoms with Crippen LogP contribution in [0.1, 0.15) is 23.8 Å². The van der Waals surface area contributed by atoms with Gasteiger partial charge in [0.25, 0.3) is 5.91 Å². The van der Waals surface area contributed by atoms with Gasteiger partial charge in [-0.1, -0.05) is 11.6 Å². The van der Waals surface area contributed by atoms with Gasteiger partial charge in [0.1, 0.15) is 5.69 Å². The van der Waals surface area contributed by atoms with Gasteiger partial charge in [0.15, 0.2) is 21.3 Å². The van der Waals surface area contributed by atoms with Crippen LogP contribution in [0.3, 0.4) is 0 Å². The molecule has 0 unspecified atom stereocenters. The van der Waals surface area contributed by atoms with E-state index in [4.69, 9.17) is 16.0 Å². The SMILES string of the molecule is C[C@@]1(NC(=O)c2cc(-c3ccco3)n(-c3ccc(Cl)cc3)n2)CCS(=O)(=O)C1. The number of furan rings is 1. The standard InChI is InChI=1S/C19H18ClN3O4S/c1-19(8-10-28(25,26)12-19)21-18(24)15-11-16(17-3-2-9-27-17)23(22-15)14-6-4-13(20)5-7-14/h2-7,9,11H,8,10,12H2,1H3,(H,21,24)/t19-/m1/s1. The molecule has 1 N–H and O–H groups in total. The van der Waals surface area contributed by atoms with Crippen LogP contribution in [0, 0.1) is 0 Å². The van der Waals surface area contributed by atoms with Crippen molar-refractivity contribution in [1.29, 1.82) is 0 Å². The van der Waals surface area contributed by atoms with Gasteiger partial charge in [-0.3, -0.25) is 4.79 Å². The maximum Gasteiger partial charge on any atom is 0.272 e. The molecule has 0 aliphatic carbocycles. The monoisotopic (exact) mass is 419 g/mol. The van der Waals surface area contributed by atoms with Crippen molar-refractivity contribution in [2.75, 3.05) is 11.5 Å². The molecule has 3 aromatic rings. The lowest BCUT2D eigenvalue weighted by Crippen LogP contribution is -2.47. The van der Waals surface area contributed by atoms with Crippen LogP contribution in [-0.4, -0.2) is 41.2 Å². The van der Waals surface area contributed by atoms with E-state index in [1.165, 1.54) is 0 Å². The summed E-state index contributed by atoms with van der Waals surface area (Å²) in [4.78, 5) is 12.8. The Balaban J connectivity index is 1.69. The van der Waals surface area contributed by atoms with Crippen molar-refractivity contribution in [2.45, 2.75) is 18.9 Å². The van der Waals surface area contributed by atoms with Crippen molar-refractivity contribution >= 4 is 27.3 Å². The molecule has 9 heteroatoms. The van der Waals surface area contributed by atoms with Gasteiger partial charge in [-0.15, -0.1) is 0 Å². The first-order valence-corrected chi connectivity index (χ1v) is 10.9. The third-order valence-electron chi connectivity index (χ3n) is 4.71. The summed E-state index contributed by atoms with van der Waals surface area (Å²) in [5.41, 5.74) is 0.684. The van der Waals surface area contributed by atoms with E-state index in [0.29, 0.717) is 28.6 Å². The number of carbonyl (C=O) groups excluding carboxylic acids is 1. The highest BCUT2D eigenvalue weighted by Gasteiger charge is 2.40. The van der Waals surface area contributed by atoms with E-state index in [9.17, 15) is 13.2 Å². The van der Waals surface area contributed by atoms with Crippen molar-refractivity contribution < 1.29 is 17.6 Å². The van der Waals surface area contributed by atoms with Crippen molar-refractivity contribution in [3.8, 4) is 17.1 Å². The number of halogens is 1. The van der Waals surface area contributed by atoms with Crippen LogP contribution < -0.4 is 5.32 Å². The second-order valence-electron chi connectivity index (χ2n) is 7.14. The largest absolute Gasteiger partial charge is 0.463 e. The van der Waals surface area contributed by atoms with Crippen LogP contribution in [0.25, 0.3) is 17.1 Å². The zero-order valence-corrected chi connectivity index (χ0v) is 16.6. The van der Waals surface area contributed by atoms with Crippen LogP contribution in [-0.2, 0) is 9.84 Å². The quantitative estimate of drug-likeness (QED) is 0.701. The molecule has 1 aromatic carbocycles. The first kappa shape index (κ1) is 18.8. The molecule has 1 amide bonds. The molecule has 1 aliphatic heterocycles. The molecule has 146 valence electrons. The second kappa shape index (κ2) is 6.79. The number of sulfone groups is 1. The highest BCUT2D eigenvalue weighted by molar-refractivity contribution is 7.91. The molecule has 2 aromatic heterocycles. The van der Waals surface area contributed by atoms with E-state index in [1.54, 1.807) is 60.3 Å². The Hall–Kier alpha value is -2.58. The lowest BCUT2D eigenvalue weighted by atomic mass is 10.0. The highest BCUT2D eigenvalue weighted by Crippen LogP contribution is 2.27. The summed E-state index contributed by atoms with van der Waals surface area (Å²) in [5.74, 6) is 0.117. The summed E-state index contributed by atoms with van der Waals surface area (Å²) in [7, 11) is -3.14. The number of hydrogen-bond donors (Lipinski definition) is 1. The minimum atomic E-state index is -3.14. The van der Waals surface area contributed by atoms with Crippen LogP contribution in [0.15, 0.2) is 53.1 Å². The third-order valence-corrected chi connectivity index (χ3v) is 6.86. The van der Waals surface area contributed by atoms with Gasteiger partial charge < -0.3 is 9.73 Å². The molecule has 0 saturated carbocycles. The third kappa shape index (κ3) is 3.70. The van der Waals surface area contributed by atoms with Gasteiger partial charge in [0, 0.05) is 11.1 Å². The number of nitrogens with one attached hydrogen (secondary N) is 1. The van der Waals surface area contributed by atoms with Gasteiger partial charge in [-0.25, -0.2) is 13.1 Å². The average Bonchev–Trinajstić information content (AvgIpc) is 3.34. The molecule has 1 fully saturated rings. The average molecular weight is 420 g/mol. The van der Waals surface area contributed by atoms with Crippen molar-refractivity contribution in [1.82, 2.24) is 15.1 Å². The maximum atomic E-state index is 12.8. The summed E-state index contributed by atoms with van der Waals surface area (Å²) in [6, 6.07) is 12.2. The highest BCUT2D eigenvalue weighted by atomic mass is 35.5. The Morgan fingerprint density at radius 1 is 1.29 bits per heavy atom. The molecular weight excluding hydrogens is 402 g/mol. The first-order valence-electron chi connectivity index (χ1n) is 8.68. The Morgan fingerprint density at radius 3 is 2.64 bits per heavy atom. The van der Waals surface area contributed by atoms with Crippen molar-refractivity contribution in [3.05, 3.63) is 59.4 Å². The molecule has 4 rings (SSSR count). The van der Waals surface area contributed by atoms with E-state index in [-0.39, 0.29) is 17.2 Å². The predicted molar refractivity (Wildman–Crippen MR) is 105 cm³/mol. The van der Waals surface area contributed by atoms with Gasteiger partial charge >= 0.3 is 0 Å². The van der Waals surface area contributed by atoms with Gasteiger partial charge in [-0.05, 0) is 49.7 Å². The topological polar surface area (TPSA) is 94.2 Å². The van der Waals surface area contributed by atoms with Crippen molar-refractivity contribution in [3.63, 3.8) is 0 Å². The minimum Gasteiger partial charge on any atom is -0.463 e. The molecule has 0 radical (unpaired) electrons. The van der Waals surface area contributed by atoms with E-state index in [1.807, 2.05) is 0 Å². The summed E-state index contributed by atoms with van der Waals surface area (Å²) in [6.45, 7) is 1.74. The Morgan fingerprint density at radius 2 is 2.04 bits per heavy atom. The van der Waals surface area contributed by atoms with E-state index >= 15 is 0 Å². The maximum absolute atomic E-state index is 12.8. The fourth-order valence-electron chi connectivity index (χ4n) is 3.32. The Kier molecular flexibility index (Phi) is 4.55. The lowest BCUT2D eigenvalue weighted by molar-refractivity contribution is 0.0910. The van der Waals surface area contributed by atoms with Gasteiger partial charge in [0.05, 0.1) is 29.0 Å². The number of carbonyl (C=O) groups is 1. The molecule has 1 aliphatic rings. The van der Waals surface area contributed by atoms with E-state index < -0.39 is 21.3 Å². The van der Waals surface area contributed by atoms with Crippen LogP contribution >= 0.6 is 11.6 Å². The molecule has 1 atom stereocenters. The lowest BCUT2D eigenvalue weighted by Gasteiger charge is -2.23. The van der Waals surface area contributed by atoms with Gasteiger partial charge in [-0.2, -0.15) is 5.10 Å². The van der Waals surface area contributed by atoms with Gasteiger partial charge in [0.2, 0.25) is 0 Å². The molecule has 3 heterocycles. The molecule has 28 heavy (non-hydrogen) atoms. The smallest absolute Gasteiger partial charge is 0.272 e. The first-order chi connectivity index (χ1) is 13.2. The number of aromatic nitrogens is 2. The fraction of sp³-hybridized carbons (Fsp3) is 0.263. The number of rotatable bonds is 4. The zero-order chi connectivity index (χ0) is 19.9. The summed E-state index contributed by atoms with van der Waals surface area (Å²) in [6.07, 6.45) is 1.92. The summed E-state index contributed by atoms with van der Waals surface area (Å²) < 4.78 is 30.7. The minimum absolute atomic E-state index is 0.0701. The number of amides is 1. The summed E-state index contributed by atoms with van der Waals surface area (Å²) >= 11 is 5.97. The zero-order valence-electron chi connectivity index (χ0n) is 15.1. The predicted octanol–water partition coefficient (Wildman–Crippen LogP) is 3.09. The molecule has 0 bridgehead atoms. The summed E-state index contributed by atoms with van der Waals surface area (Å²) in [5, 5.41) is 7.84. The fourth-order valence-corrected chi connectivity index (χ4v) is 5.54. The number of hydrogen-bond acceptors (Lipinski definition) is 5. The second-order valence-corrected chi connectivity index (χ2v) is 9.76. The molecule has 7 nitrogen and oxygen atoms in total. The Bertz CT molecular complexity index is 1120. The molecule has 1 saturated heterocycles. The van der Waals surface area contributed by atoms with Crippen LogP contribution in [0.2, 0.25) is 5.02 Å². The van der Waals surface area contributed by atoms with Crippen LogP contribution in [0.4, 0.5) is 0 Å². The Labute approximate surface area is 167 Å². The van der Waals surface area contributed by atoms with E-state index in [2.05, 4.69) is 10.4 Å². The molecular formula is C19H18ClN3O4S.